The molecule has 2 aromatic carbocycles. The number of benzene rings is 2. The maximum absolute atomic E-state index is 10.6. The summed E-state index contributed by atoms with van der Waals surface area (Å²) in [5.74, 6) is 0. The van der Waals surface area contributed by atoms with Crippen LogP contribution in [0, 0.1) is 10.1 Å². The van der Waals surface area contributed by atoms with Gasteiger partial charge >= 0.3 is 0 Å². The minimum absolute atomic E-state index is 0.109. The Labute approximate surface area is 130 Å². The molecule has 6 heteroatoms. The predicted octanol–water partition coefficient (Wildman–Crippen LogP) is 4.67. The average molecular weight is 356 g/mol. The minimum Gasteiger partial charge on any atom is -0.384 e. The van der Waals surface area contributed by atoms with Gasteiger partial charge in [-0.3, -0.25) is 10.1 Å². The second-order valence-corrected chi connectivity index (χ2v) is 5.55. The van der Waals surface area contributed by atoms with Crippen molar-refractivity contribution in [1.29, 1.82) is 0 Å². The number of hydrogen-bond donors (Lipinski definition) is 1. The Morgan fingerprint density at radius 2 is 1.90 bits per heavy atom. The molecule has 0 aliphatic rings. The number of nitro groups is 1. The summed E-state index contributed by atoms with van der Waals surface area (Å²) < 4.78 is 0.934. The molecule has 0 bridgehead atoms. The molecular weight excluding hydrogens is 344 g/mol. The van der Waals surface area contributed by atoms with E-state index in [2.05, 4.69) is 21.2 Å². The van der Waals surface area contributed by atoms with Crippen molar-refractivity contribution in [3.8, 4) is 0 Å². The normalized spacial score (nSPS) is 10.3. The lowest BCUT2D eigenvalue weighted by Crippen LogP contribution is -2.05. The molecule has 0 aromatic heterocycles. The quantitative estimate of drug-likeness (QED) is 0.626. The molecule has 0 spiro atoms. The van der Waals surface area contributed by atoms with Gasteiger partial charge in [0.1, 0.15) is 0 Å². The molecule has 0 saturated heterocycles. The van der Waals surface area contributed by atoms with Crippen molar-refractivity contribution in [2.24, 2.45) is 0 Å². The molecule has 0 aliphatic heterocycles. The van der Waals surface area contributed by atoms with E-state index in [0.29, 0.717) is 11.6 Å². The molecule has 4 nitrogen and oxygen atoms in total. The highest BCUT2D eigenvalue weighted by atomic mass is 79.9. The fraction of sp³-hybridized carbons (Fsp3) is 0.143. The van der Waals surface area contributed by atoms with Crippen LogP contribution in [0.1, 0.15) is 5.56 Å². The first-order chi connectivity index (χ1) is 9.56. The van der Waals surface area contributed by atoms with Gasteiger partial charge in [0.05, 0.1) is 15.6 Å². The van der Waals surface area contributed by atoms with Gasteiger partial charge in [0.25, 0.3) is 5.69 Å². The summed E-state index contributed by atoms with van der Waals surface area (Å²) in [6.07, 6.45) is 0.768. The van der Waals surface area contributed by atoms with Gasteiger partial charge in [-0.1, -0.05) is 39.7 Å². The SMILES string of the molecule is O=[N+]([O-])c1ccc(CCNc2ccc(Br)cc2Cl)cc1. The number of hydrogen-bond acceptors (Lipinski definition) is 3. The highest BCUT2D eigenvalue weighted by Crippen LogP contribution is 2.25. The van der Waals surface area contributed by atoms with Gasteiger partial charge in [-0.2, -0.15) is 0 Å². The maximum atomic E-state index is 10.6. The summed E-state index contributed by atoms with van der Waals surface area (Å²) in [6.45, 7) is 0.708. The van der Waals surface area contributed by atoms with Crippen LogP contribution in [-0.2, 0) is 6.42 Å². The lowest BCUT2D eigenvalue weighted by Gasteiger charge is -2.08. The van der Waals surface area contributed by atoms with Crippen LogP contribution in [0.4, 0.5) is 11.4 Å². The summed E-state index contributed by atoms with van der Waals surface area (Å²) in [7, 11) is 0. The molecule has 0 radical (unpaired) electrons. The number of halogens is 2. The van der Waals surface area contributed by atoms with Crippen LogP contribution in [0.25, 0.3) is 0 Å². The zero-order valence-electron chi connectivity index (χ0n) is 10.5. The minimum atomic E-state index is -0.399. The highest BCUT2D eigenvalue weighted by Gasteiger charge is 2.04. The van der Waals surface area contributed by atoms with E-state index in [1.54, 1.807) is 12.1 Å². The topological polar surface area (TPSA) is 55.2 Å². The smallest absolute Gasteiger partial charge is 0.269 e. The van der Waals surface area contributed by atoms with Crippen LogP contribution >= 0.6 is 27.5 Å². The number of rotatable bonds is 5. The zero-order valence-corrected chi connectivity index (χ0v) is 12.8. The molecule has 104 valence electrons. The predicted molar refractivity (Wildman–Crippen MR) is 84.4 cm³/mol. The van der Waals surface area contributed by atoms with Crippen molar-refractivity contribution < 1.29 is 4.92 Å². The van der Waals surface area contributed by atoms with Crippen LogP contribution in [0.3, 0.4) is 0 Å². The molecular formula is C14H12BrClN2O2. The van der Waals surface area contributed by atoms with Gasteiger partial charge in [0.15, 0.2) is 0 Å². The number of anilines is 1. The Balaban J connectivity index is 1.91. The number of nitrogens with one attached hydrogen (secondary N) is 1. The molecule has 0 saturated carbocycles. The first-order valence-corrected chi connectivity index (χ1v) is 7.15. The van der Waals surface area contributed by atoms with Gasteiger partial charge in [-0.05, 0) is 30.2 Å². The fourth-order valence-corrected chi connectivity index (χ4v) is 2.50. The van der Waals surface area contributed by atoms with Crippen molar-refractivity contribution in [3.63, 3.8) is 0 Å². The second kappa shape index (κ2) is 6.72. The molecule has 0 aliphatic carbocycles. The van der Waals surface area contributed by atoms with Gasteiger partial charge in [0, 0.05) is 23.2 Å². The van der Waals surface area contributed by atoms with Gasteiger partial charge in [-0.25, -0.2) is 0 Å². The first kappa shape index (κ1) is 14.8. The van der Waals surface area contributed by atoms with Crippen molar-refractivity contribution in [2.45, 2.75) is 6.42 Å². The van der Waals surface area contributed by atoms with Gasteiger partial charge in [-0.15, -0.1) is 0 Å². The third-order valence-corrected chi connectivity index (χ3v) is 3.61. The molecule has 0 unspecified atom stereocenters. The molecule has 1 N–H and O–H groups in total. The van der Waals surface area contributed by atoms with E-state index < -0.39 is 4.92 Å². The molecule has 2 aromatic rings. The largest absolute Gasteiger partial charge is 0.384 e. The summed E-state index contributed by atoms with van der Waals surface area (Å²) in [5.41, 5.74) is 2.02. The van der Waals surface area contributed by atoms with E-state index in [1.165, 1.54) is 12.1 Å². The van der Waals surface area contributed by atoms with E-state index in [9.17, 15) is 10.1 Å². The molecule has 0 heterocycles. The van der Waals surface area contributed by atoms with E-state index >= 15 is 0 Å². The van der Waals surface area contributed by atoms with E-state index in [0.717, 1.165) is 22.1 Å². The Bertz CT molecular complexity index is 617. The van der Waals surface area contributed by atoms with Crippen molar-refractivity contribution in [2.75, 3.05) is 11.9 Å². The lowest BCUT2D eigenvalue weighted by molar-refractivity contribution is -0.384. The van der Waals surface area contributed by atoms with E-state index in [4.69, 9.17) is 11.6 Å². The molecule has 0 atom stereocenters. The standard InChI is InChI=1S/C14H12BrClN2O2/c15-11-3-6-14(13(16)9-11)17-8-7-10-1-4-12(5-2-10)18(19)20/h1-6,9,17H,7-8H2. The Kier molecular flexibility index (Phi) is 4.98. The lowest BCUT2D eigenvalue weighted by atomic mass is 10.1. The highest BCUT2D eigenvalue weighted by molar-refractivity contribution is 9.10. The van der Waals surface area contributed by atoms with Crippen molar-refractivity contribution >= 4 is 38.9 Å². The fourth-order valence-electron chi connectivity index (χ4n) is 1.76. The zero-order chi connectivity index (χ0) is 14.5. The summed E-state index contributed by atoms with van der Waals surface area (Å²) >= 11 is 9.45. The number of nitro benzene ring substituents is 1. The second-order valence-electron chi connectivity index (χ2n) is 4.22. The Morgan fingerprint density at radius 1 is 1.20 bits per heavy atom. The first-order valence-electron chi connectivity index (χ1n) is 5.98. The molecule has 2 rings (SSSR count). The Hall–Kier alpha value is -1.59. The third-order valence-electron chi connectivity index (χ3n) is 2.81. The molecule has 20 heavy (non-hydrogen) atoms. The van der Waals surface area contributed by atoms with Gasteiger partial charge in [0.2, 0.25) is 0 Å². The van der Waals surface area contributed by atoms with Crippen molar-refractivity contribution in [3.05, 3.63) is 67.6 Å². The molecule has 0 amide bonds. The average Bonchev–Trinajstić information content (AvgIpc) is 2.42. The summed E-state index contributed by atoms with van der Waals surface area (Å²) in [4.78, 5) is 10.2. The van der Waals surface area contributed by atoms with E-state index in [-0.39, 0.29) is 5.69 Å². The third kappa shape index (κ3) is 3.95. The summed E-state index contributed by atoms with van der Waals surface area (Å²) in [5, 5.41) is 14.4. The monoisotopic (exact) mass is 354 g/mol. The van der Waals surface area contributed by atoms with Crippen molar-refractivity contribution in [1.82, 2.24) is 0 Å². The molecule has 0 fully saturated rings. The van der Waals surface area contributed by atoms with Crippen LogP contribution in [0.15, 0.2) is 46.9 Å². The van der Waals surface area contributed by atoms with Crippen LogP contribution in [0.5, 0.6) is 0 Å². The summed E-state index contributed by atoms with van der Waals surface area (Å²) in [6, 6.07) is 12.2. The van der Waals surface area contributed by atoms with Crippen LogP contribution in [-0.4, -0.2) is 11.5 Å². The van der Waals surface area contributed by atoms with E-state index in [1.807, 2.05) is 18.2 Å². The Morgan fingerprint density at radius 3 is 2.50 bits per heavy atom. The maximum Gasteiger partial charge on any atom is 0.269 e. The number of nitrogens with zero attached hydrogens (tertiary/aromatic N) is 1. The van der Waals surface area contributed by atoms with Crippen LogP contribution in [0.2, 0.25) is 5.02 Å². The van der Waals surface area contributed by atoms with Gasteiger partial charge < -0.3 is 5.32 Å². The number of non-ortho nitro benzene ring substituents is 1. The van der Waals surface area contributed by atoms with Crippen LogP contribution < -0.4 is 5.32 Å².